The molecule has 2 unspecified atom stereocenters. The Labute approximate surface area is 264 Å². The number of sulfonamides is 1. The summed E-state index contributed by atoms with van der Waals surface area (Å²) >= 11 is 0. The number of nitrogens with zero attached hydrogens (tertiary/aromatic N) is 1. The van der Waals surface area contributed by atoms with E-state index in [1.54, 1.807) is 67.6 Å². The highest BCUT2D eigenvalue weighted by molar-refractivity contribution is 7.92. The Balaban J connectivity index is 1.41. The number of amides is 1. The van der Waals surface area contributed by atoms with Crippen LogP contribution >= 0.6 is 0 Å². The highest BCUT2D eigenvalue weighted by Crippen LogP contribution is 2.20. The van der Waals surface area contributed by atoms with Crippen molar-refractivity contribution >= 4 is 27.6 Å². The Morgan fingerprint density at radius 1 is 0.844 bits per heavy atom. The Hall–Kier alpha value is -4.51. The SMILES string of the molecule is CCCS(=O)(=O)N(C)c1cccc(C(=O)NC(Cc2ccccc2)C(O)CNCc2cccc(OC(=O)c3ccccc3)c2)c1. The molecule has 4 aromatic rings. The lowest BCUT2D eigenvalue weighted by atomic mass is 10.00. The number of benzene rings is 4. The van der Waals surface area contributed by atoms with Gasteiger partial charge in [-0.05, 0) is 66.4 Å². The summed E-state index contributed by atoms with van der Waals surface area (Å²) in [5, 5.41) is 17.4. The van der Waals surface area contributed by atoms with Crippen molar-refractivity contribution in [2.75, 3.05) is 23.7 Å². The van der Waals surface area contributed by atoms with Crippen LogP contribution in [0.25, 0.3) is 0 Å². The van der Waals surface area contributed by atoms with Crippen LogP contribution in [-0.4, -0.2) is 56.9 Å². The summed E-state index contributed by atoms with van der Waals surface area (Å²) in [4.78, 5) is 25.8. The molecule has 3 N–H and O–H groups in total. The third kappa shape index (κ3) is 9.74. The van der Waals surface area contributed by atoms with Gasteiger partial charge in [-0.15, -0.1) is 0 Å². The molecule has 1 amide bonds. The van der Waals surface area contributed by atoms with Crippen LogP contribution in [0.15, 0.2) is 109 Å². The zero-order valence-corrected chi connectivity index (χ0v) is 26.2. The molecular formula is C35H39N3O6S. The monoisotopic (exact) mass is 629 g/mol. The predicted molar refractivity (Wildman–Crippen MR) is 176 cm³/mol. The van der Waals surface area contributed by atoms with E-state index in [0.717, 1.165) is 11.1 Å². The first-order chi connectivity index (χ1) is 21.7. The van der Waals surface area contributed by atoms with Crippen molar-refractivity contribution in [3.63, 3.8) is 0 Å². The molecule has 0 aromatic heterocycles. The van der Waals surface area contributed by atoms with E-state index >= 15 is 0 Å². The van der Waals surface area contributed by atoms with Gasteiger partial charge in [-0.25, -0.2) is 13.2 Å². The predicted octanol–water partition coefficient (Wildman–Crippen LogP) is 4.57. The van der Waals surface area contributed by atoms with Crippen molar-refractivity contribution in [1.29, 1.82) is 0 Å². The second-order valence-corrected chi connectivity index (χ2v) is 12.8. The average molecular weight is 630 g/mol. The van der Waals surface area contributed by atoms with Gasteiger partial charge >= 0.3 is 5.97 Å². The minimum absolute atomic E-state index is 0.00138. The number of ether oxygens (including phenoxy) is 1. The minimum Gasteiger partial charge on any atom is -0.423 e. The fourth-order valence-electron chi connectivity index (χ4n) is 4.77. The van der Waals surface area contributed by atoms with E-state index in [1.807, 2.05) is 42.5 Å². The Bertz CT molecular complexity index is 1670. The van der Waals surface area contributed by atoms with Gasteiger partial charge in [0.1, 0.15) is 5.75 Å². The van der Waals surface area contributed by atoms with Gasteiger partial charge in [-0.1, -0.05) is 73.7 Å². The van der Waals surface area contributed by atoms with E-state index in [2.05, 4.69) is 10.6 Å². The van der Waals surface area contributed by atoms with Gasteiger partial charge in [0.05, 0.1) is 29.1 Å². The van der Waals surface area contributed by atoms with Crippen LogP contribution in [0.5, 0.6) is 5.75 Å². The molecule has 4 rings (SSSR count). The second kappa shape index (κ2) is 16.0. The van der Waals surface area contributed by atoms with Crippen LogP contribution in [0.1, 0.15) is 45.2 Å². The molecule has 4 aromatic carbocycles. The molecule has 236 valence electrons. The van der Waals surface area contributed by atoms with Crippen molar-refractivity contribution in [2.24, 2.45) is 0 Å². The molecule has 2 atom stereocenters. The molecular weight excluding hydrogens is 590 g/mol. The summed E-state index contributed by atoms with van der Waals surface area (Å²) in [6.07, 6.45) is -0.0956. The molecule has 0 heterocycles. The van der Waals surface area contributed by atoms with Crippen molar-refractivity contribution in [3.05, 3.63) is 131 Å². The van der Waals surface area contributed by atoms with E-state index in [1.165, 1.54) is 17.4 Å². The fourth-order valence-corrected chi connectivity index (χ4v) is 5.99. The molecule has 0 aliphatic carbocycles. The third-order valence-electron chi connectivity index (χ3n) is 7.23. The number of anilines is 1. The van der Waals surface area contributed by atoms with Crippen molar-refractivity contribution in [3.8, 4) is 5.75 Å². The van der Waals surface area contributed by atoms with E-state index < -0.39 is 34.0 Å². The highest BCUT2D eigenvalue weighted by Gasteiger charge is 2.24. The summed E-state index contributed by atoms with van der Waals surface area (Å²) < 4.78 is 31.8. The highest BCUT2D eigenvalue weighted by atomic mass is 32.2. The zero-order valence-electron chi connectivity index (χ0n) is 25.4. The molecule has 9 nitrogen and oxygen atoms in total. The van der Waals surface area contributed by atoms with Gasteiger partial charge in [-0.3, -0.25) is 9.10 Å². The molecule has 0 aliphatic heterocycles. The van der Waals surface area contributed by atoms with E-state index in [4.69, 9.17) is 4.74 Å². The first-order valence-corrected chi connectivity index (χ1v) is 16.4. The number of aliphatic hydroxyl groups is 1. The molecule has 0 fully saturated rings. The molecule has 0 radical (unpaired) electrons. The smallest absolute Gasteiger partial charge is 0.343 e. The topological polar surface area (TPSA) is 125 Å². The Kier molecular flexibility index (Phi) is 11.9. The van der Waals surface area contributed by atoms with Gasteiger partial charge in [0.25, 0.3) is 5.91 Å². The molecule has 10 heteroatoms. The molecule has 0 saturated heterocycles. The number of nitrogens with one attached hydrogen (secondary N) is 2. The maximum absolute atomic E-state index is 13.4. The van der Waals surface area contributed by atoms with E-state index in [0.29, 0.717) is 36.4 Å². The van der Waals surface area contributed by atoms with Crippen molar-refractivity contribution in [2.45, 2.75) is 38.5 Å². The Morgan fingerprint density at radius 3 is 2.20 bits per heavy atom. The Morgan fingerprint density at radius 2 is 1.49 bits per heavy atom. The van der Waals surface area contributed by atoms with Crippen molar-refractivity contribution < 1.29 is 27.9 Å². The van der Waals surface area contributed by atoms with Gasteiger partial charge < -0.3 is 20.5 Å². The second-order valence-electron chi connectivity index (χ2n) is 10.7. The maximum atomic E-state index is 13.4. The normalized spacial score (nSPS) is 12.6. The number of rotatable bonds is 15. The lowest BCUT2D eigenvalue weighted by Gasteiger charge is -2.25. The van der Waals surface area contributed by atoms with Gasteiger partial charge in [0.15, 0.2) is 0 Å². The average Bonchev–Trinajstić information content (AvgIpc) is 3.05. The number of hydrogen-bond donors (Lipinski definition) is 3. The van der Waals surface area contributed by atoms with Crippen molar-refractivity contribution in [1.82, 2.24) is 10.6 Å². The molecule has 0 spiro atoms. The number of hydrogen-bond acceptors (Lipinski definition) is 7. The van der Waals surface area contributed by atoms with Crippen LogP contribution in [0, 0.1) is 0 Å². The standard InChI is InChI=1S/C35H39N3O6S/c1-3-20-45(42,43)38(2)30-18-11-17-29(23-30)34(40)37-32(22-26-12-6-4-7-13-26)33(39)25-36-24-27-14-10-19-31(21-27)44-35(41)28-15-8-5-9-16-28/h4-19,21,23,32-33,36,39H,3,20,22,24-25H2,1-2H3,(H,37,40). The molecule has 45 heavy (non-hydrogen) atoms. The zero-order chi connectivity index (χ0) is 32.2. The van der Waals surface area contributed by atoms with Crippen LogP contribution in [0.2, 0.25) is 0 Å². The van der Waals surface area contributed by atoms with E-state index in [-0.39, 0.29) is 17.9 Å². The van der Waals surface area contributed by atoms with Gasteiger partial charge in [0.2, 0.25) is 10.0 Å². The van der Waals surface area contributed by atoms with Gasteiger partial charge in [-0.2, -0.15) is 0 Å². The molecule has 0 saturated carbocycles. The summed E-state index contributed by atoms with van der Waals surface area (Å²) in [5.74, 6) is -0.462. The number of carbonyl (C=O) groups is 2. The number of aliphatic hydroxyl groups excluding tert-OH is 1. The summed E-state index contributed by atoms with van der Waals surface area (Å²) in [6, 6.07) is 31.2. The third-order valence-corrected chi connectivity index (χ3v) is 9.20. The van der Waals surface area contributed by atoms with Crippen LogP contribution < -0.4 is 19.7 Å². The first-order valence-electron chi connectivity index (χ1n) is 14.8. The number of carbonyl (C=O) groups excluding carboxylic acids is 2. The fraction of sp³-hybridized carbons (Fsp3) is 0.257. The number of esters is 1. The quantitative estimate of drug-likeness (QED) is 0.130. The first kappa shape index (κ1) is 33.4. The minimum atomic E-state index is -3.51. The summed E-state index contributed by atoms with van der Waals surface area (Å²) in [5.41, 5.74) is 2.91. The largest absolute Gasteiger partial charge is 0.423 e. The summed E-state index contributed by atoms with van der Waals surface area (Å²) in [7, 11) is -2.04. The van der Waals surface area contributed by atoms with Crippen LogP contribution in [-0.2, 0) is 23.0 Å². The van der Waals surface area contributed by atoms with E-state index in [9.17, 15) is 23.1 Å². The summed E-state index contributed by atoms with van der Waals surface area (Å²) in [6.45, 7) is 2.35. The lowest BCUT2D eigenvalue weighted by Crippen LogP contribution is -2.48. The molecule has 0 aliphatic rings. The van der Waals surface area contributed by atoms with Gasteiger partial charge in [0, 0.05) is 25.7 Å². The lowest BCUT2D eigenvalue weighted by molar-refractivity contribution is 0.0734. The molecule has 0 bridgehead atoms. The maximum Gasteiger partial charge on any atom is 0.343 e. The van der Waals surface area contributed by atoms with Crippen LogP contribution in [0.3, 0.4) is 0 Å². The van der Waals surface area contributed by atoms with Crippen LogP contribution in [0.4, 0.5) is 5.69 Å².